The second kappa shape index (κ2) is 6.95. The fraction of sp³-hybridized carbons (Fsp3) is 0.250. The Balaban J connectivity index is 2.17. The number of carbonyl (C=O) groups excluding carboxylic acids is 1. The minimum atomic E-state index is -3.31. The summed E-state index contributed by atoms with van der Waals surface area (Å²) in [6.45, 7) is 0.917. The normalized spacial score (nSPS) is 12.8. The van der Waals surface area contributed by atoms with Gasteiger partial charge in [0.25, 0.3) is 0 Å². The number of ether oxygens (including phenoxy) is 1. The molecule has 2 heterocycles. The number of hydrogen-bond donors (Lipinski definition) is 0. The lowest BCUT2D eigenvalue weighted by Crippen LogP contribution is -2.19. The van der Waals surface area contributed by atoms with Crippen LogP contribution in [0.4, 0.5) is 0 Å². The van der Waals surface area contributed by atoms with E-state index < -0.39 is 15.7 Å². The van der Waals surface area contributed by atoms with Crippen LogP contribution in [0.3, 0.4) is 0 Å². The molecule has 7 nitrogen and oxygen atoms in total. The highest BCUT2D eigenvalue weighted by Gasteiger charge is 2.14. The number of aromatic nitrogens is 1. The van der Waals surface area contributed by atoms with E-state index >= 15 is 0 Å². The number of furan rings is 1. The summed E-state index contributed by atoms with van der Waals surface area (Å²) in [6, 6.07) is 8.01. The number of thiazole rings is 1. The largest absolute Gasteiger partial charge is 0.459 e. The SMILES string of the molecule is COCCn1c(=NC(=O)c2ccco2)sc2cc(S(C)(=O)=O)ccc21. The molecule has 0 unspecified atom stereocenters. The summed E-state index contributed by atoms with van der Waals surface area (Å²) < 4.78 is 36.3. The number of sulfone groups is 1. The molecule has 0 N–H and O–H groups in total. The molecule has 0 saturated carbocycles. The van der Waals surface area contributed by atoms with Crippen LogP contribution in [0.5, 0.6) is 0 Å². The molecule has 132 valence electrons. The maximum absolute atomic E-state index is 12.2. The van der Waals surface area contributed by atoms with E-state index in [0.717, 1.165) is 16.5 Å². The van der Waals surface area contributed by atoms with Crippen LogP contribution in [0.2, 0.25) is 0 Å². The molecular weight excluding hydrogens is 364 g/mol. The van der Waals surface area contributed by atoms with E-state index in [1.54, 1.807) is 37.4 Å². The fourth-order valence-corrected chi connectivity index (χ4v) is 4.13. The van der Waals surface area contributed by atoms with Crippen LogP contribution in [0.15, 0.2) is 50.9 Å². The Morgan fingerprint density at radius 3 is 2.80 bits per heavy atom. The minimum absolute atomic E-state index is 0.146. The first-order valence-corrected chi connectivity index (χ1v) is 10.1. The quantitative estimate of drug-likeness (QED) is 0.676. The minimum Gasteiger partial charge on any atom is -0.459 e. The molecule has 1 aromatic carbocycles. The van der Waals surface area contributed by atoms with Gasteiger partial charge in [-0.05, 0) is 30.3 Å². The summed E-state index contributed by atoms with van der Waals surface area (Å²) >= 11 is 1.24. The molecule has 0 radical (unpaired) electrons. The van der Waals surface area contributed by atoms with Crippen LogP contribution < -0.4 is 4.80 Å². The summed E-state index contributed by atoms with van der Waals surface area (Å²) in [6.07, 6.45) is 2.57. The molecule has 0 bridgehead atoms. The number of nitrogens with zero attached hydrogens (tertiary/aromatic N) is 2. The Morgan fingerprint density at radius 2 is 2.16 bits per heavy atom. The molecule has 25 heavy (non-hydrogen) atoms. The zero-order valence-electron chi connectivity index (χ0n) is 13.6. The number of carbonyl (C=O) groups is 1. The van der Waals surface area contributed by atoms with Crippen molar-refractivity contribution < 1.29 is 22.4 Å². The van der Waals surface area contributed by atoms with E-state index in [0.29, 0.717) is 18.0 Å². The highest BCUT2D eigenvalue weighted by molar-refractivity contribution is 7.90. The number of rotatable bonds is 5. The Kier molecular flexibility index (Phi) is 4.89. The van der Waals surface area contributed by atoms with Crippen LogP contribution in [-0.4, -0.2) is 38.9 Å². The van der Waals surface area contributed by atoms with Crippen molar-refractivity contribution in [2.45, 2.75) is 11.4 Å². The summed E-state index contributed by atoms with van der Waals surface area (Å²) in [5, 5.41) is 0. The van der Waals surface area contributed by atoms with E-state index in [1.807, 2.05) is 4.57 Å². The predicted octanol–water partition coefficient (Wildman–Crippen LogP) is 2.09. The van der Waals surface area contributed by atoms with Gasteiger partial charge in [-0.3, -0.25) is 4.79 Å². The van der Waals surface area contributed by atoms with Gasteiger partial charge < -0.3 is 13.7 Å². The van der Waals surface area contributed by atoms with Crippen molar-refractivity contribution in [1.29, 1.82) is 0 Å². The Hall–Kier alpha value is -2.23. The lowest BCUT2D eigenvalue weighted by atomic mass is 10.3. The van der Waals surface area contributed by atoms with Gasteiger partial charge in [-0.25, -0.2) is 8.42 Å². The molecule has 3 rings (SSSR count). The summed E-state index contributed by atoms with van der Waals surface area (Å²) in [5.74, 6) is -0.348. The van der Waals surface area contributed by atoms with Crippen LogP contribution in [0.1, 0.15) is 10.6 Å². The Morgan fingerprint density at radius 1 is 1.36 bits per heavy atom. The maximum atomic E-state index is 12.2. The highest BCUT2D eigenvalue weighted by atomic mass is 32.2. The second-order valence-corrected chi connectivity index (χ2v) is 8.35. The number of methoxy groups -OCH3 is 1. The zero-order valence-corrected chi connectivity index (χ0v) is 15.3. The van der Waals surface area contributed by atoms with Crippen molar-refractivity contribution in [2.24, 2.45) is 4.99 Å². The summed E-state index contributed by atoms with van der Waals surface area (Å²) in [7, 11) is -1.73. The molecule has 9 heteroatoms. The van der Waals surface area contributed by atoms with Crippen molar-refractivity contribution in [3.8, 4) is 0 Å². The van der Waals surface area contributed by atoms with E-state index in [2.05, 4.69) is 4.99 Å². The van der Waals surface area contributed by atoms with Crippen molar-refractivity contribution in [3.63, 3.8) is 0 Å². The number of hydrogen-bond acceptors (Lipinski definition) is 6. The molecule has 3 aromatic rings. The molecule has 0 aliphatic carbocycles. The van der Waals surface area contributed by atoms with Crippen LogP contribution >= 0.6 is 11.3 Å². The third-order valence-corrected chi connectivity index (χ3v) is 5.68. The first-order valence-electron chi connectivity index (χ1n) is 7.35. The predicted molar refractivity (Wildman–Crippen MR) is 93.4 cm³/mol. The van der Waals surface area contributed by atoms with Gasteiger partial charge in [0.2, 0.25) is 0 Å². The molecule has 0 fully saturated rings. The van der Waals surface area contributed by atoms with Crippen LogP contribution in [0.25, 0.3) is 10.2 Å². The first kappa shape index (κ1) is 17.6. The smallest absolute Gasteiger partial charge is 0.315 e. The fourth-order valence-electron chi connectivity index (χ4n) is 2.31. The summed E-state index contributed by atoms with van der Waals surface area (Å²) in [4.78, 5) is 17.0. The second-order valence-electron chi connectivity index (χ2n) is 5.33. The average Bonchev–Trinajstić information content (AvgIpc) is 3.19. The topological polar surface area (TPSA) is 90.9 Å². The third-order valence-electron chi connectivity index (χ3n) is 3.53. The number of benzene rings is 1. The summed E-state index contributed by atoms with van der Waals surface area (Å²) in [5.41, 5.74) is 0.792. The monoisotopic (exact) mass is 380 g/mol. The molecule has 0 atom stereocenters. The van der Waals surface area contributed by atoms with Crippen molar-refractivity contribution in [2.75, 3.05) is 20.0 Å². The van der Waals surface area contributed by atoms with Gasteiger partial charge in [0.15, 0.2) is 20.4 Å². The van der Waals surface area contributed by atoms with Crippen molar-refractivity contribution in [1.82, 2.24) is 4.57 Å². The van der Waals surface area contributed by atoms with E-state index in [-0.39, 0.29) is 10.7 Å². The lowest BCUT2D eigenvalue weighted by molar-refractivity contribution is 0.0971. The van der Waals surface area contributed by atoms with Gasteiger partial charge in [-0.15, -0.1) is 0 Å². The molecule has 0 aliphatic rings. The van der Waals surface area contributed by atoms with Crippen LogP contribution in [-0.2, 0) is 21.1 Å². The Bertz CT molecular complexity index is 1080. The average molecular weight is 380 g/mol. The van der Waals surface area contributed by atoms with Gasteiger partial charge >= 0.3 is 5.91 Å². The van der Waals surface area contributed by atoms with E-state index in [9.17, 15) is 13.2 Å². The van der Waals surface area contributed by atoms with Gasteiger partial charge in [0, 0.05) is 19.9 Å². The van der Waals surface area contributed by atoms with Gasteiger partial charge in [0.1, 0.15) is 0 Å². The molecule has 0 saturated heterocycles. The standard InChI is InChI=1S/C16H16N2O5S2/c1-22-9-7-18-12-6-5-11(25(2,20)21)10-14(12)24-16(18)17-15(19)13-4-3-8-23-13/h3-6,8,10H,7,9H2,1-2H3. The van der Waals surface area contributed by atoms with E-state index in [4.69, 9.17) is 9.15 Å². The van der Waals surface area contributed by atoms with E-state index in [1.165, 1.54) is 17.6 Å². The lowest BCUT2D eigenvalue weighted by Gasteiger charge is -2.04. The molecule has 0 spiro atoms. The number of amides is 1. The van der Waals surface area contributed by atoms with Crippen molar-refractivity contribution >= 4 is 37.3 Å². The molecular formula is C16H16N2O5S2. The molecule has 0 aliphatic heterocycles. The molecule has 2 aromatic heterocycles. The van der Waals surface area contributed by atoms with Gasteiger partial charge in [-0.1, -0.05) is 11.3 Å². The Labute approximate surface area is 148 Å². The van der Waals surface area contributed by atoms with Crippen molar-refractivity contribution in [3.05, 3.63) is 47.2 Å². The maximum Gasteiger partial charge on any atom is 0.315 e. The first-order chi connectivity index (χ1) is 11.9. The van der Waals surface area contributed by atoms with Crippen LogP contribution in [0, 0.1) is 0 Å². The molecule has 1 amide bonds. The number of fused-ring (bicyclic) bond motifs is 1. The zero-order chi connectivity index (χ0) is 18.0. The van der Waals surface area contributed by atoms with Gasteiger partial charge in [0.05, 0.1) is 28.0 Å². The third kappa shape index (κ3) is 3.73. The highest BCUT2D eigenvalue weighted by Crippen LogP contribution is 2.22. The van der Waals surface area contributed by atoms with Gasteiger partial charge in [-0.2, -0.15) is 4.99 Å².